The summed E-state index contributed by atoms with van der Waals surface area (Å²) in [6.07, 6.45) is 7.22. The van der Waals surface area contributed by atoms with Crippen LogP contribution >= 0.6 is 11.3 Å². The Bertz CT molecular complexity index is 1340. The largest absolute Gasteiger partial charge is 0.369 e. The van der Waals surface area contributed by atoms with E-state index in [9.17, 15) is 9.59 Å². The van der Waals surface area contributed by atoms with Crippen molar-refractivity contribution in [1.82, 2.24) is 30.1 Å². The molecule has 2 amide bonds. The average Bonchev–Trinajstić information content (AvgIpc) is 3.38. The van der Waals surface area contributed by atoms with Crippen molar-refractivity contribution in [3.8, 4) is 11.8 Å². The van der Waals surface area contributed by atoms with E-state index in [2.05, 4.69) is 49.7 Å². The molecular formula is C28H36N8O2S. The zero-order valence-electron chi connectivity index (χ0n) is 23.0. The Morgan fingerprint density at radius 3 is 2.79 bits per heavy atom. The topological polar surface area (TPSA) is 115 Å². The normalized spacial score (nSPS) is 10.9. The maximum absolute atomic E-state index is 12.1. The lowest BCUT2D eigenvalue weighted by atomic mass is 10.2. The summed E-state index contributed by atoms with van der Waals surface area (Å²) in [6, 6.07) is 5.95. The third-order valence-corrected chi connectivity index (χ3v) is 6.22. The molecule has 0 fully saturated rings. The average molecular weight is 549 g/mol. The standard InChI is InChI=1S/C28H36N8O2S/c1-5-14-30-27-21(18-31-28(34-27)33-22-12-13-23-24(17-22)39-20-32-23)10-7-6-8-15-29-25(37)19-36(4)26(38)11-9-16-35(2)3/h9,11-13,17-18,20H,5-6,8,14-16,19H2,1-4H3,(H,29,37)(H2,30,31,33,34)/b11-9+. The number of thiazole rings is 1. The Hall–Kier alpha value is -4.01. The molecule has 0 aliphatic rings. The number of rotatable bonds is 13. The van der Waals surface area contributed by atoms with Crippen molar-refractivity contribution in [2.75, 3.05) is 58.0 Å². The summed E-state index contributed by atoms with van der Waals surface area (Å²) in [6.45, 7) is 4.02. The maximum Gasteiger partial charge on any atom is 0.246 e. The smallest absolute Gasteiger partial charge is 0.246 e. The van der Waals surface area contributed by atoms with Crippen molar-refractivity contribution in [3.63, 3.8) is 0 Å². The lowest BCUT2D eigenvalue weighted by Crippen LogP contribution is -2.38. The molecule has 0 bridgehead atoms. The van der Waals surface area contributed by atoms with Crippen molar-refractivity contribution in [2.24, 2.45) is 0 Å². The van der Waals surface area contributed by atoms with Gasteiger partial charge in [-0.3, -0.25) is 9.59 Å². The number of hydrogen-bond donors (Lipinski definition) is 3. The van der Waals surface area contributed by atoms with Crippen LogP contribution in [0.3, 0.4) is 0 Å². The van der Waals surface area contributed by atoms with E-state index in [4.69, 9.17) is 0 Å². The van der Waals surface area contributed by atoms with E-state index in [0.717, 1.165) is 34.4 Å². The second kappa shape index (κ2) is 15.4. The molecule has 39 heavy (non-hydrogen) atoms. The monoisotopic (exact) mass is 548 g/mol. The number of nitrogens with one attached hydrogen (secondary N) is 3. The number of carbonyl (C=O) groups is 2. The maximum atomic E-state index is 12.1. The number of fused-ring (bicyclic) bond motifs is 1. The fourth-order valence-corrected chi connectivity index (χ4v) is 4.09. The van der Waals surface area contributed by atoms with Gasteiger partial charge in [-0.25, -0.2) is 9.97 Å². The highest BCUT2D eigenvalue weighted by molar-refractivity contribution is 7.16. The fraction of sp³-hybridized carbons (Fsp3) is 0.393. The van der Waals surface area contributed by atoms with Crippen LogP contribution in [-0.2, 0) is 9.59 Å². The number of benzene rings is 1. The fourth-order valence-electron chi connectivity index (χ4n) is 3.38. The van der Waals surface area contributed by atoms with Crippen molar-refractivity contribution < 1.29 is 9.59 Å². The summed E-state index contributed by atoms with van der Waals surface area (Å²) in [5.74, 6) is 7.07. The summed E-state index contributed by atoms with van der Waals surface area (Å²) in [7, 11) is 5.46. The number of unbranched alkanes of at least 4 members (excludes halogenated alkanes) is 1. The molecule has 2 heterocycles. The minimum absolute atomic E-state index is 0.0130. The number of carbonyl (C=O) groups excluding carboxylic acids is 2. The number of hydrogen-bond acceptors (Lipinski definition) is 9. The van der Waals surface area contributed by atoms with E-state index in [1.807, 2.05) is 42.7 Å². The van der Waals surface area contributed by atoms with Gasteiger partial charge in [0, 0.05) is 44.9 Å². The van der Waals surface area contributed by atoms with E-state index in [1.54, 1.807) is 30.7 Å². The first kappa shape index (κ1) is 29.5. The third kappa shape index (κ3) is 10.00. The quantitative estimate of drug-likeness (QED) is 0.169. The van der Waals surface area contributed by atoms with E-state index in [-0.39, 0.29) is 18.4 Å². The van der Waals surface area contributed by atoms with Gasteiger partial charge in [-0.2, -0.15) is 4.98 Å². The molecule has 3 N–H and O–H groups in total. The van der Waals surface area contributed by atoms with Crippen LogP contribution in [0, 0.1) is 11.8 Å². The molecule has 11 heteroatoms. The molecule has 1 aromatic carbocycles. The van der Waals surface area contributed by atoms with Gasteiger partial charge in [-0.15, -0.1) is 11.3 Å². The summed E-state index contributed by atoms with van der Waals surface area (Å²) >= 11 is 1.59. The molecule has 10 nitrogen and oxygen atoms in total. The zero-order chi connectivity index (χ0) is 28.0. The van der Waals surface area contributed by atoms with Crippen molar-refractivity contribution in [1.29, 1.82) is 0 Å². The van der Waals surface area contributed by atoms with Gasteiger partial charge in [0.25, 0.3) is 0 Å². The second-order valence-corrected chi connectivity index (χ2v) is 10.0. The molecule has 3 rings (SSSR count). The molecular weight excluding hydrogens is 512 g/mol. The number of nitrogens with zero attached hydrogens (tertiary/aromatic N) is 5. The van der Waals surface area contributed by atoms with Crippen LogP contribution in [0.2, 0.25) is 0 Å². The number of likely N-dealkylation sites (N-methyl/N-ethyl adjacent to an activating group) is 2. The first-order chi connectivity index (χ1) is 18.9. The third-order valence-electron chi connectivity index (χ3n) is 5.43. The van der Waals surface area contributed by atoms with E-state index < -0.39 is 0 Å². The predicted molar refractivity (Wildman–Crippen MR) is 158 cm³/mol. The van der Waals surface area contributed by atoms with Gasteiger partial charge < -0.3 is 25.8 Å². The number of aromatic nitrogens is 3. The highest BCUT2D eigenvalue weighted by atomic mass is 32.1. The molecule has 0 saturated carbocycles. The molecule has 0 radical (unpaired) electrons. The van der Waals surface area contributed by atoms with Gasteiger partial charge in [0.15, 0.2) is 0 Å². The summed E-state index contributed by atoms with van der Waals surface area (Å²) in [4.78, 5) is 40.9. The molecule has 0 aliphatic carbocycles. The van der Waals surface area contributed by atoms with E-state index in [1.165, 1.54) is 11.0 Å². The van der Waals surface area contributed by atoms with Gasteiger partial charge in [0.1, 0.15) is 5.82 Å². The van der Waals surface area contributed by atoms with Crippen molar-refractivity contribution >= 4 is 50.8 Å². The Kier molecular flexibility index (Phi) is 11.7. The van der Waals surface area contributed by atoms with Gasteiger partial charge in [-0.05, 0) is 45.1 Å². The lowest BCUT2D eigenvalue weighted by molar-refractivity contribution is -0.131. The Morgan fingerprint density at radius 1 is 1.15 bits per heavy atom. The minimum Gasteiger partial charge on any atom is -0.369 e. The Labute approximate surface area is 233 Å². The molecule has 0 atom stereocenters. The molecule has 206 valence electrons. The van der Waals surface area contributed by atoms with E-state index >= 15 is 0 Å². The van der Waals surface area contributed by atoms with Crippen molar-refractivity contribution in [2.45, 2.75) is 26.2 Å². The van der Waals surface area contributed by atoms with E-state index in [0.29, 0.717) is 37.7 Å². The van der Waals surface area contributed by atoms with Gasteiger partial charge in [-0.1, -0.05) is 24.8 Å². The highest BCUT2D eigenvalue weighted by Crippen LogP contribution is 2.24. The Morgan fingerprint density at radius 2 is 2.00 bits per heavy atom. The lowest BCUT2D eigenvalue weighted by Gasteiger charge is -2.14. The molecule has 0 spiro atoms. The van der Waals surface area contributed by atoms with Crippen LogP contribution in [0.25, 0.3) is 10.2 Å². The van der Waals surface area contributed by atoms with Crippen LogP contribution in [0.15, 0.2) is 42.1 Å². The summed E-state index contributed by atoms with van der Waals surface area (Å²) < 4.78 is 1.09. The molecule has 2 aromatic heterocycles. The van der Waals surface area contributed by atoms with Crippen LogP contribution in [-0.4, -0.2) is 83.9 Å². The number of amides is 2. The zero-order valence-corrected chi connectivity index (χ0v) is 23.8. The molecule has 3 aromatic rings. The molecule has 0 saturated heterocycles. The first-order valence-corrected chi connectivity index (χ1v) is 13.8. The summed E-state index contributed by atoms with van der Waals surface area (Å²) in [5, 5.41) is 9.43. The van der Waals surface area contributed by atoms with Gasteiger partial charge in [0.2, 0.25) is 17.8 Å². The van der Waals surface area contributed by atoms with Gasteiger partial charge in [0.05, 0.1) is 34.0 Å². The highest BCUT2D eigenvalue weighted by Gasteiger charge is 2.10. The minimum atomic E-state index is -0.199. The molecule has 0 unspecified atom stereocenters. The Balaban J connectivity index is 1.48. The number of anilines is 3. The SMILES string of the molecule is CCCNc1nc(Nc2ccc3ncsc3c2)ncc1C#CCCCNC(=O)CN(C)C(=O)/C=C/CN(C)C. The van der Waals surface area contributed by atoms with Crippen LogP contribution in [0.5, 0.6) is 0 Å². The second-order valence-electron chi connectivity index (χ2n) is 9.16. The van der Waals surface area contributed by atoms with Crippen LogP contribution in [0.1, 0.15) is 31.7 Å². The summed E-state index contributed by atoms with van der Waals surface area (Å²) in [5.41, 5.74) is 4.41. The molecule has 0 aliphatic heterocycles. The van der Waals surface area contributed by atoms with Crippen molar-refractivity contribution in [3.05, 3.63) is 47.6 Å². The predicted octanol–water partition coefficient (Wildman–Crippen LogP) is 3.48. The first-order valence-electron chi connectivity index (χ1n) is 12.9. The van der Waals surface area contributed by atoms with Crippen LogP contribution in [0.4, 0.5) is 17.5 Å². The van der Waals surface area contributed by atoms with Gasteiger partial charge >= 0.3 is 0 Å². The van der Waals surface area contributed by atoms with Crippen LogP contribution < -0.4 is 16.0 Å².